The number of fused-ring (bicyclic) bond motifs is 1. The third kappa shape index (κ3) is 4.72. The van der Waals surface area contributed by atoms with Crippen molar-refractivity contribution >= 4 is 32.3 Å². The Morgan fingerprint density at radius 2 is 1.94 bits per heavy atom. The first-order valence-corrected chi connectivity index (χ1v) is 13.0. The molecular weight excluding hydrogens is 452 g/mol. The van der Waals surface area contributed by atoms with Gasteiger partial charge in [0.05, 0.1) is 30.8 Å². The Bertz CT molecular complexity index is 1090. The Morgan fingerprint density at radius 3 is 2.66 bits per heavy atom. The van der Waals surface area contributed by atoms with Gasteiger partial charge in [0, 0.05) is 24.1 Å². The smallest absolute Gasteiger partial charge is 0.262 e. The lowest BCUT2D eigenvalue weighted by Gasteiger charge is -2.15. The highest BCUT2D eigenvalue weighted by molar-refractivity contribution is 7.93. The van der Waals surface area contributed by atoms with E-state index in [0.717, 1.165) is 49.0 Å². The molecule has 0 spiro atoms. The number of ether oxygens (including phenoxy) is 3. The first kappa shape index (κ1) is 22.9. The van der Waals surface area contributed by atoms with Gasteiger partial charge in [-0.25, -0.2) is 8.42 Å². The number of nitrogens with one attached hydrogen (secondary N) is 2. The van der Waals surface area contributed by atoms with Crippen LogP contribution in [0.15, 0.2) is 23.1 Å². The molecule has 2 heterocycles. The van der Waals surface area contributed by atoms with Gasteiger partial charge in [0.1, 0.15) is 5.00 Å². The number of hydrogen-bond acceptors (Lipinski definition) is 7. The summed E-state index contributed by atoms with van der Waals surface area (Å²) in [5.41, 5.74) is 1.39. The van der Waals surface area contributed by atoms with E-state index in [-0.39, 0.29) is 16.9 Å². The van der Waals surface area contributed by atoms with E-state index in [9.17, 15) is 13.2 Å². The van der Waals surface area contributed by atoms with Crippen molar-refractivity contribution in [2.75, 3.05) is 32.1 Å². The summed E-state index contributed by atoms with van der Waals surface area (Å²) in [5.74, 6) is 0.493. The molecule has 0 saturated carbocycles. The van der Waals surface area contributed by atoms with Crippen molar-refractivity contribution in [2.45, 2.75) is 49.5 Å². The van der Waals surface area contributed by atoms with E-state index in [1.54, 1.807) is 6.07 Å². The second-order valence-corrected chi connectivity index (χ2v) is 10.7. The molecule has 32 heavy (non-hydrogen) atoms. The average molecular weight is 481 g/mol. The lowest BCUT2D eigenvalue weighted by atomic mass is 9.95. The minimum absolute atomic E-state index is 0.0142. The number of hydrogen-bond donors (Lipinski definition) is 2. The highest BCUT2D eigenvalue weighted by Crippen LogP contribution is 2.39. The van der Waals surface area contributed by atoms with E-state index < -0.39 is 10.0 Å². The summed E-state index contributed by atoms with van der Waals surface area (Å²) in [7, 11) is -0.999. The number of amides is 1. The number of thiophene rings is 1. The fourth-order valence-corrected chi connectivity index (χ4v) is 6.75. The Balaban J connectivity index is 1.62. The Hall–Kier alpha value is -2.30. The molecular formula is C22H28N2O6S2. The molecule has 174 valence electrons. The summed E-state index contributed by atoms with van der Waals surface area (Å²) in [4.78, 5) is 14.2. The highest BCUT2D eigenvalue weighted by Gasteiger charge is 2.29. The molecule has 0 radical (unpaired) electrons. The van der Waals surface area contributed by atoms with Crippen molar-refractivity contribution in [1.29, 1.82) is 0 Å². The minimum atomic E-state index is -3.94. The predicted molar refractivity (Wildman–Crippen MR) is 123 cm³/mol. The van der Waals surface area contributed by atoms with Gasteiger partial charge in [-0.2, -0.15) is 0 Å². The summed E-state index contributed by atoms with van der Waals surface area (Å²) < 4.78 is 45.0. The number of aryl methyl sites for hydroxylation is 1. The zero-order valence-corrected chi connectivity index (χ0v) is 19.9. The quantitative estimate of drug-likeness (QED) is 0.601. The van der Waals surface area contributed by atoms with E-state index in [2.05, 4.69) is 10.0 Å². The van der Waals surface area contributed by atoms with Crippen LogP contribution in [0.2, 0.25) is 0 Å². The number of sulfonamides is 1. The van der Waals surface area contributed by atoms with Gasteiger partial charge in [-0.1, -0.05) is 0 Å². The molecule has 1 aliphatic heterocycles. The maximum absolute atomic E-state index is 13.2. The van der Waals surface area contributed by atoms with Gasteiger partial charge in [0.2, 0.25) is 0 Å². The van der Waals surface area contributed by atoms with Crippen molar-refractivity contribution in [3.63, 3.8) is 0 Å². The zero-order valence-electron chi connectivity index (χ0n) is 18.2. The highest BCUT2D eigenvalue weighted by atomic mass is 32.2. The average Bonchev–Trinajstić information content (AvgIpc) is 3.44. The normalized spacial score (nSPS) is 18.1. The number of carbonyl (C=O) groups excluding carboxylic acids is 1. The molecule has 1 atom stereocenters. The largest absolute Gasteiger partial charge is 0.493 e. The molecule has 8 nitrogen and oxygen atoms in total. The monoisotopic (exact) mass is 480 g/mol. The predicted octanol–water partition coefficient (Wildman–Crippen LogP) is 3.35. The fraction of sp³-hybridized carbons (Fsp3) is 0.500. The molecule has 1 amide bonds. The third-order valence-electron chi connectivity index (χ3n) is 5.81. The topological polar surface area (TPSA) is 103 Å². The van der Waals surface area contributed by atoms with E-state index in [4.69, 9.17) is 14.2 Å². The van der Waals surface area contributed by atoms with E-state index >= 15 is 0 Å². The van der Waals surface area contributed by atoms with Crippen LogP contribution in [0.3, 0.4) is 0 Å². The van der Waals surface area contributed by atoms with Crippen LogP contribution in [0.4, 0.5) is 5.00 Å². The van der Waals surface area contributed by atoms with Crippen LogP contribution in [-0.4, -0.2) is 47.8 Å². The first-order chi connectivity index (χ1) is 15.4. The van der Waals surface area contributed by atoms with Crippen LogP contribution in [0, 0.1) is 0 Å². The molecule has 1 saturated heterocycles. The number of methoxy groups -OCH3 is 2. The van der Waals surface area contributed by atoms with Gasteiger partial charge in [-0.15, -0.1) is 11.3 Å². The van der Waals surface area contributed by atoms with Gasteiger partial charge in [0.15, 0.2) is 11.5 Å². The zero-order chi connectivity index (χ0) is 22.7. The second-order valence-electron chi connectivity index (χ2n) is 7.88. The van der Waals surface area contributed by atoms with Crippen LogP contribution >= 0.6 is 11.3 Å². The van der Waals surface area contributed by atoms with Gasteiger partial charge < -0.3 is 19.5 Å². The number of rotatable bonds is 8. The molecule has 2 aromatic rings. The molecule has 10 heteroatoms. The maximum Gasteiger partial charge on any atom is 0.262 e. The molecule has 2 N–H and O–H groups in total. The Morgan fingerprint density at radius 1 is 1.16 bits per heavy atom. The molecule has 4 rings (SSSR count). The summed E-state index contributed by atoms with van der Waals surface area (Å²) in [6, 6.07) is 4.41. The van der Waals surface area contributed by atoms with Gasteiger partial charge in [-0.05, 0) is 56.2 Å². The van der Waals surface area contributed by atoms with Gasteiger partial charge in [0.25, 0.3) is 15.9 Å². The van der Waals surface area contributed by atoms with E-state index in [1.807, 2.05) is 0 Å². The molecule has 1 aromatic carbocycles. The molecule has 2 aliphatic rings. The molecule has 1 aliphatic carbocycles. The Labute approximate surface area is 192 Å². The van der Waals surface area contributed by atoms with Crippen molar-refractivity contribution in [3.8, 4) is 11.5 Å². The number of anilines is 1. The van der Waals surface area contributed by atoms with Crippen molar-refractivity contribution in [2.24, 2.45) is 0 Å². The van der Waals surface area contributed by atoms with E-state index in [1.165, 1.54) is 37.7 Å². The lowest BCUT2D eigenvalue weighted by Crippen LogP contribution is -2.32. The van der Waals surface area contributed by atoms with Crippen LogP contribution in [-0.2, 0) is 27.6 Å². The number of benzene rings is 1. The minimum Gasteiger partial charge on any atom is -0.493 e. The van der Waals surface area contributed by atoms with E-state index in [0.29, 0.717) is 35.2 Å². The van der Waals surface area contributed by atoms with Crippen molar-refractivity contribution in [3.05, 3.63) is 34.2 Å². The van der Waals surface area contributed by atoms with Crippen molar-refractivity contribution in [1.82, 2.24) is 5.32 Å². The first-order valence-electron chi connectivity index (χ1n) is 10.7. The van der Waals surface area contributed by atoms with Gasteiger partial charge >= 0.3 is 0 Å². The lowest BCUT2D eigenvalue weighted by molar-refractivity contribution is 0.0858. The summed E-state index contributed by atoms with van der Waals surface area (Å²) in [5, 5.41) is 3.31. The van der Waals surface area contributed by atoms with Crippen LogP contribution < -0.4 is 19.5 Å². The molecule has 1 aromatic heterocycles. The van der Waals surface area contributed by atoms with Crippen LogP contribution in [0.5, 0.6) is 11.5 Å². The Kier molecular flexibility index (Phi) is 6.92. The fourth-order valence-electron chi connectivity index (χ4n) is 4.14. The maximum atomic E-state index is 13.2. The summed E-state index contributed by atoms with van der Waals surface area (Å²) in [6.07, 6.45) is 5.56. The van der Waals surface area contributed by atoms with Crippen LogP contribution in [0.25, 0.3) is 0 Å². The SMILES string of the molecule is COc1ccc(S(=O)(=O)Nc2sc3c(c2C(=O)NCC2CCCO2)CCCC3)cc1OC. The van der Waals surface area contributed by atoms with Crippen molar-refractivity contribution < 1.29 is 27.4 Å². The standard InChI is InChI=1S/C22H28N2O6S2/c1-28-17-10-9-15(12-18(17)29-2)32(26,27)24-22-20(16-7-3-4-8-19(16)31-22)21(25)23-13-14-6-5-11-30-14/h9-10,12,14,24H,3-8,11,13H2,1-2H3,(H,23,25). The molecule has 1 unspecified atom stereocenters. The summed E-state index contributed by atoms with van der Waals surface area (Å²) >= 11 is 1.35. The van der Waals surface area contributed by atoms with Crippen LogP contribution in [0.1, 0.15) is 46.5 Å². The molecule has 0 bridgehead atoms. The number of carbonyl (C=O) groups is 1. The molecule has 1 fully saturated rings. The van der Waals surface area contributed by atoms with Gasteiger partial charge in [-0.3, -0.25) is 9.52 Å². The third-order valence-corrected chi connectivity index (χ3v) is 8.49. The summed E-state index contributed by atoms with van der Waals surface area (Å²) in [6.45, 7) is 1.14. The second kappa shape index (κ2) is 9.68.